The Morgan fingerprint density at radius 3 is 3.04 bits per heavy atom. The summed E-state index contributed by atoms with van der Waals surface area (Å²) in [7, 11) is 2.05. The Hall–Kier alpha value is -2.61. The van der Waals surface area contributed by atoms with Crippen LogP contribution in [0.5, 0.6) is 0 Å². The molecule has 0 aromatic carbocycles. The van der Waals surface area contributed by atoms with E-state index in [1.54, 1.807) is 17.6 Å². The van der Waals surface area contributed by atoms with E-state index in [9.17, 15) is 0 Å². The predicted octanol–water partition coefficient (Wildman–Crippen LogP) is 2.77. The molecular formula is C17H22N6OS. The van der Waals surface area contributed by atoms with Gasteiger partial charge in [-0.05, 0) is 36.9 Å². The van der Waals surface area contributed by atoms with Crippen molar-refractivity contribution in [3.05, 3.63) is 46.6 Å². The van der Waals surface area contributed by atoms with Crippen molar-refractivity contribution in [1.29, 1.82) is 0 Å². The van der Waals surface area contributed by atoms with Crippen LogP contribution in [-0.2, 0) is 13.0 Å². The SMILES string of the molecule is CCNC(=NCc1nc(-c2ccco2)n[nH]1)N(C)CCc1cccs1. The van der Waals surface area contributed by atoms with Gasteiger partial charge in [0.2, 0.25) is 5.82 Å². The predicted molar refractivity (Wildman–Crippen MR) is 99.6 cm³/mol. The van der Waals surface area contributed by atoms with E-state index in [2.05, 4.69) is 54.8 Å². The highest BCUT2D eigenvalue weighted by Crippen LogP contribution is 2.14. The van der Waals surface area contributed by atoms with Gasteiger partial charge in [0.15, 0.2) is 11.7 Å². The maximum atomic E-state index is 5.30. The van der Waals surface area contributed by atoms with Gasteiger partial charge in [0.25, 0.3) is 0 Å². The van der Waals surface area contributed by atoms with Crippen LogP contribution < -0.4 is 5.32 Å². The third-order valence-corrected chi connectivity index (χ3v) is 4.56. The molecule has 0 unspecified atom stereocenters. The van der Waals surface area contributed by atoms with Gasteiger partial charge >= 0.3 is 0 Å². The van der Waals surface area contributed by atoms with E-state index in [0.29, 0.717) is 24.0 Å². The van der Waals surface area contributed by atoms with Crippen molar-refractivity contribution in [3.8, 4) is 11.6 Å². The van der Waals surface area contributed by atoms with Crippen LogP contribution in [0.4, 0.5) is 0 Å². The topological polar surface area (TPSA) is 82.3 Å². The molecule has 0 radical (unpaired) electrons. The molecular weight excluding hydrogens is 336 g/mol. The van der Waals surface area contributed by atoms with Gasteiger partial charge in [-0.15, -0.1) is 16.4 Å². The minimum absolute atomic E-state index is 0.430. The van der Waals surface area contributed by atoms with Crippen molar-refractivity contribution in [3.63, 3.8) is 0 Å². The summed E-state index contributed by atoms with van der Waals surface area (Å²) in [5.74, 6) is 2.75. The van der Waals surface area contributed by atoms with Crippen LogP contribution in [0.1, 0.15) is 17.6 Å². The normalized spacial score (nSPS) is 11.7. The summed E-state index contributed by atoms with van der Waals surface area (Å²) in [6, 6.07) is 7.89. The molecule has 2 N–H and O–H groups in total. The van der Waals surface area contributed by atoms with Crippen LogP contribution in [0.15, 0.2) is 45.3 Å². The molecule has 0 aliphatic rings. The quantitative estimate of drug-likeness (QED) is 0.501. The first kappa shape index (κ1) is 17.2. The molecule has 132 valence electrons. The largest absolute Gasteiger partial charge is 0.461 e. The lowest BCUT2D eigenvalue weighted by Crippen LogP contribution is -2.39. The lowest BCUT2D eigenvalue weighted by Gasteiger charge is -2.21. The van der Waals surface area contributed by atoms with Gasteiger partial charge in [-0.3, -0.25) is 5.10 Å². The van der Waals surface area contributed by atoms with Gasteiger partial charge in [0.05, 0.1) is 6.26 Å². The van der Waals surface area contributed by atoms with Gasteiger partial charge < -0.3 is 14.6 Å². The monoisotopic (exact) mass is 358 g/mol. The molecule has 3 aromatic rings. The molecule has 0 aliphatic heterocycles. The third-order valence-electron chi connectivity index (χ3n) is 3.62. The first-order chi connectivity index (χ1) is 12.3. The molecule has 3 rings (SSSR count). The fourth-order valence-electron chi connectivity index (χ4n) is 2.34. The number of likely N-dealkylation sites (N-methyl/N-ethyl adjacent to an activating group) is 1. The van der Waals surface area contributed by atoms with Gasteiger partial charge in [-0.1, -0.05) is 6.07 Å². The molecule has 0 saturated carbocycles. The van der Waals surface area contributed by atoms with E-state index in [1.807, 2.05) is 19.2 Å². The van der Waals surface area contributed by atoms with Crippen molar-refractivity contribution in [2.24, 2.45) is 4.99 Å². The Balaban J connectivity index is 1.61. The zero-order valence-electron chi connectivity index (χ0n) is 14.4. The van der Waals surface area contributed by atoms with E-state index in [-0.39, 0.29) is 0 Å². The van der Waals surface area contributed by atoms with E-state index in [1.165, 1.54) is 4.88 Å². The number of H-pyrrole nitrogens is 1. The number of nitrogens with one attached hydrogen (secondary N) is 2. The molecule has 0 saturated heterocycles. The maximum absolute atomic E-state index is 5.30. The summed E-state index contributed by atoms with van der Waals surface area (Å²) in [6.07, 6.45) is 2.61. The molecule has 3 aromatic heterocycles. The average molecular weight is 358 g/mol. The van der Waals surface area contributed by atoms with Gasteiger partial charge in [0.1, 0.15) is 12.4 Å². The first-order valence-corrected chi connectivity index (χ1v) is 9.11. The summed E-state index contributed by atoms with van der Waals surface area (Å²) >= 11 is 1.78. The van der Waals surface area contributed by atoms with Crippen molar-refractivity contribution in [1.82, 2.24) is 25.4 Å². The average Bonchev–Trinajstić information content (AvgIpc) is 3.38. The number of guanidine groups is 1. The number of aliphatic imine (C=N–C) groups is 1. The molecule has 0 amide bonds. The van der Waals surface area contributed by atoms with Crippen molar-refractivity contribution in [2.75, 3.05) is 20.1 Å². The standard InChI is InChI=1S/C17H22N6OS/c1-3-18-17(23(2)9-8-13-6-5-11-25-13)19-12-15-20-16(22-21-15)14-7-4-10-24-14/h4-7,10-11H,3,8-9,12H2,1-2H3,(H,18,19)(H,20,21,22). The lowest BCUT2D eigenvalue weighted by atomic mass is 10.3. The Bertz CT molecular complexity index is 778. The molecule has 3 heterocycles. The smallest absolute Gasteiger partial charge is 0.216 e. The Morgan fingerprint density at radius 1 is 1.40 bits per heavy atom. The van der Waals surface area contributed by atoms with Crippen LogP contribution in [0.25, 0.3) is 11.6 Å². The highest BCUT2D eigenvalue weighted by atomic mass is 32.1. The lowest BCUT2D eigenvalue weighted by molar-refractivity contribution is 0.486. The molecule has 25 heavy (non-hydrogen) atoms. The minimum atomic E-state index is 0.430. The van der Waals surface area contributed by atoms with Gasteiger partial charge in [-0.25, -0.2) is 9.98 Å². The number of furan rings is 1. The fraction of sp³-hybridized carbons (Fsp3) is 0.353. The zero-order valence-corrected chi connectivity index (χ0v) is 15.2. The zero-order chi connectivity index (χ0) is 17.5. The summed E-state index contributed by atoms with van der Waals surface area (Å²) in [5, 5.41) is 12.5. The number of aromatic amines is 1. The van der Waals surface area contributed by atoms with Gasteiger partial charge in [-0.2, -0.15) is 0 Å². The minimum Gasteiger partial charge on any atom is -0.461 e. The highest BCUT2D eigenvalue weighted by Gasteiger charge is 2.10. The Kier molecular flexibility index (Phi) is 5.84. The highest BCUT2D eigenvalue weighted by molar-refractivity contribution is 7.09. The van der Waals surface area contributed by atoms with E-state index in [4.69, 9.17) is 4.42 Å². The maximum Gasteiger partial charge on any atom is 0.216 e. The van der Waals surface area contributed by atoms with E-state index >= 15 is 0 Å². The van der Waals surface area contributed by atoms with Crippen LogP contribution in [0.2, 0.25) is 0 Å². The molecule has 8 heteroatoms. The fourth-order valence-corrected chi connectivity index (χ4v) is 3.04. The Labute approximate surface area is 150 Å². The van der Waals surface area contributed by atoms with Crippen molar-refractivity contribution >= 4 is 17.3 Å². The summed E-state index contributed by atoms with van der Waals surface area (Å²) in [6.45, 7) is 4.21. The van der Waals surface area contributed by atoms with Crippen molar-refractivity contribution < 1.29 is 4.42 Å². The molecule has 7 nitrogen and oxygen atoms in total. The second-order valence-corrected chi connectivity index (χ2v) is 6.54. The van der Waals surface area contributed by atoms with Crippen LogP contribution in [0.3, 0.4) is 0 Å². The summed E-state index contributed by atoms with van der Waals surface area (Å²) in [5.41, 5.74) is 0. The van der Waals surface area contributed by atoms with E-state index in [0.717, 1.165) is 25.5 Å². The number of hydrogen-bond donors (Lipinski definition) is 2. The second kappa shape index (κ2) is 8.48. The molecule has 0 spiro atoms. The molecule has 0 bridgehead atoms. The van der Waals surface area contributed by atoms with Crippen LogP contribution in [0, 0.1) is 0 Å². The number of rotatable bonds is 7. The van der Waals surface area contributed by atoms with Crippen LogP contribution in [-0.4, -0.2) is 46.2 Å². The first-order valence-electron chi connectivity index (χ1n) is 8.23. The van der Waals surface area contributed by atoms with Crippen molar-refractivity contribution in [2.45, 2.75) is 19.9 Å². The van der Waals surface area contributed by atoms with E-state index < -0.39 is 0 Å². The number of hydrogen-bond acceptors (Lipinski definition) is 5. The third kappa shape index (κ3) is 4.69. The second-order valence-electron chi connectivity index (χ2n) is 5.50. The Morgan fingerprint density at radius 2 is 2.32 bits per heavy atom. The molecule has 0 atom stereocenters. The molecule has 0 aliphatic carbocycles. The summed E-state index contributed by atoms with van der Waals surface area (Å²) < 4.78 is 5.30. The number of nitrogens with zero attached hydrogens (tertiary/aromatic N) is 4. The van der Waals surface area contributed by atoms with Gasteiger partial charge in [0, 0.05) is 25.0 Å². The molecule has 0 fully saturated rings. The summed E-state index contributed by atoms with van der Waals surface area (Å²) in [4.78, 5) is 12.6. The number of thiophene rings is 1. The van der Waals surface area contributed by atoms with Crippen LogP contribution >= 0.6 is 11.3 Å². The number of aromatic nitrogens is 3.